The second-order valence-corrected chi connectivity index (χ2v) is 10.2. The Morgan fingerprint density at radius 2 is 1.08 bits per heavy atom. The highest BCUT2D eigenvalue weighted by atomic mass is 16.5. The lowest BCUT2D eigenvalue weighted by atomic mass is 9.82. The maximum atomic E-state index is 5.78. The molecule has 0 spiro atoms. The minimum absolute atomic E-state index is 0.882. The van der Waals surface area contributed by atoms with Gasteiger partial charge in [-0.2, -0.15) is 0 Å². The van der Waals surface area contributed by atoms with E-state index in [0.29, 0.717) is 0 Å². The predicted octanol–water partition coefficient (Wildman–Crippen LogP) is 10.1. The van der Waals surface area contributed by atoms with Gasteiger partial charge in [0.05, 0.1) is 7.11 Å². The molecule has 1 aliphatic carbocycles. The number of rotatable bonds is 5. The second kappa shape index (κ2) is 8.89. The Balaban J connectivity index is 1.73. The van der Waals surface area contributed by atoms with E-state index in [0.717, 1.165) is 18.6 Å². The molecule has 0 aromatic heterocycles. The lowest BCUT2D eigenvalue weighted by Gasteiger charge is -2.21. The molecule has 1 heteroatoms. The molecule has 7 rings (SSSR count). The lowest BCUT2D eigenvalue weighted by molar-refractivity contribution is 0.415. The average Bonchev–Trinajstić information content (AvgIpc) is 3.31. The maximum Gasteiger partial charge on any atom is 0.119 e. The smallest absolute Gasteiger partial charge is 0.119 e. The van der Waals surface area contributed by atoms with Crippen molar-refractivity contribution >= 4 is 21.5 Å². The summed E-state index contributed by atoms with van der Waals surface area (Å²) in [6.07, 6.45) is 2.02. The highest BCUT2D eigenvalue weighted by Crippen LogP contribution is 2.57. The minimum atomic E-state index is 0.882. The Morgan fingerprint density at radius 1 is 0.526 bits per heavy atom. The maximum absolute atomic E-state index is 5.78. The quantitative estimate of drug-likeness (QED) is 0.233. The van der Waals surface area contributed by atoms with Crippen molar-refractivity contribution in [3.63, 3.8) is 0 Å². The van der Waals surface area contributed by atoms with Crippen LogP contribution in [0.1, 0.15) is 25.0 Å². The molecule has 0 unspecified atom stereocenters. The van der Waals surface area contributed by atoms with E-state index in [1.165, 1.54) is 77.2 Å². The van der Waals surface area contributed by atoms with E-state index in [1.807, 2.05) is 0 Å². The van der Waals surface area contributed by atoms with Gasteiger partial charge in [0.25, 0.3) is 0 Å². The topological polar surface area (TPSA) is 9.23 Å². The number of hydrogen-bond donors (Lipinski definition) is 0. The molecule has 0 radical (unpaired) electrons. The summed E-state index contributed by atoms with van der Waals surface area (Å²) in [5, 5.41) is 5.14. The largest absolute Gasteiger partial charge is 0.497 e. The van der Waals surface area contributed by atoms with Crippen molar-refractivity contribution in [1.82, 2.24) is 0 Å². The number of fused-ring (bicyclic) bond motifs is 4. The van der Waals surface area contributed by atoms with Crippen LogP contribution in [0.15, 0.2) is 103 Å². The highest BCUT2D eigenvalue weighted by Gasteiger charge is 2.30. The van der Waals surface area contributed by atoms with Crippen molar-refractivity contribution in [3.8, 4) is 50.3 Å². The van der Waals surface area contributed by atoms with Gasteiger partial charge >= 0.3 is 0 Å². The Labute approximate surface area is 224 Å². The van der Waals surface area contributed by atoms with E-state index in [-0.39, 0.29) is 0 Å². The first-order valence-electron chi connectivity index (χ1n) is 13.6. The van der Waals surface area contributed by atoms with Crippen LogP contribution in [-0.2, 0) is 12.8 Å². The van der Waals surface area contributed by atoms with Crippen molar-refractivity contribution < 1.29 is 4.74 Å². The molecular weight excluding hydrogens is 460 g/mol. The molecule has 0 heterocycles. The van der Waals surface area contributed by atoms with Gasteiger partial charge in [-0.25, -0.2) is 0 Å². The van der Waals surface area contributed by atoms with Gasteiger partial charge in [0.1, 0.15) is 5.75 Å². The normalized spacial score (nSPS) is 11.8. The van der Waals surface area contributed by atoms with Gasteiger partial charge in [-0.1, -0.05) is 105 Å². The molecule has 6 aromatic carbocycles. The summed E-state index contributed by atoms with van der Waals surface area (Å²) in [4.78, 5) is 0. The fourth-order valence-corrected chi connectivity index (χ4v) is 6.38. The zero-order valence-corrected chi connectivity index (χ0v) is 22.1. The Hall–Kier alpha value is -4.36. The number of aryl methyl sites for hydroxylation is 2. The summed E-state index contributed by atoms with van der Waals surface area (Å²) in [5.41, 5.74) is 13.2. The Morgan fingerprint density at radius 3 is 1.63 bits per heavy atom. The molecule has 0 N–H and O–H groups in total. The third-order valence-electron chi connectivity index (χ3n) is 8.21. The summed E-state index contributed by atoms with van der Waals surface area (Å²) in [7, 11) is 1.76. The van der Waals surface area contributed by atoms with Gasteiger partial charge in [0, 0.05) is 0 Å². The number of hydrogen-bond acceptors (Lipinski definition) is 1. The first kappa shape index (κ1) is 22.8. The van der Waals surface area contributed by atoms with Crippen LogP contribution in [0, 0.1) is 0 Å². The standard InChI is InChI=1S/C37H30O/c1-4-23-10-6-14-26(20-23)34-29-19-18-28(38-3)22-32(29)35(27-15-7-11-24(5-2)21-27)37-31-17-9-13-25-12-8-16-30(33(25)31)36(34)37/h6-22H,4-5H2,1-3H3. The van der Waals surface area contributed by atoms with E-state index < -0.39 is 0 Å². The van der Waals surface area contributed by atoms with Crippen molar-refractivity contribution in [2.24, 2.45) is 0 Å². The third kappa shape index (κ3) is 3.32. The lowest BCUT2D eigenvalue weighted by Crippen LogP contribution is -1.95. The molecule has 0 fully saturated rings. The number of methoxy groups -OCH3 is 1. The molecule has 38 heavy (non-hydrogen) atoms. The monoisotopic (exact) mass is 490 g/mol. The average molecular weight is 491 g/mol. The molecule has 0 aliphatic heterocycles. The van der Waals surface area contributed by atoms with E-state index in [4.69, 9.17) is 4.74 Å². The summed E-state index contributed by atoms with van der Waals surface area (Å²) in [6.45, 7) is 4.46. The number of ether oxygens (including phenoxy) is 1. The van der Waals surface area contributed by atoms with Crippen LogP contribution in [-0.4, -0.2) is 7.11 Å². The van der Waals surface area contributed by atoms with Crippen molar-refractivity contribution in [1.29, 1.82) is 0 Å². The molecular formula is C37H30O. The molecule has 0 atom stereocenters. The minimum Gasteiger partial charge on any atom is -0.497 e. The highest BCUT2D eigenvalue weighted by molar-refractivity contribution is 6.27. The van der Waals surface area contributed by atoms with Crippen LogP contribution in [0.2, 0.25) is 0 Å². The fraction of sp³-hybridized carbons (Fsp3) is 0.135. The van der Waals surface area contributed by atoms with Crippen LogP contribution in [0.25, 0.3) is 66.1 Å². The van der Waals surface area contributed by atoms with E-state index >= 15 is 0 Å². The molecule has 0 amide bonds. The molecule has 0 saturated carbocycles. The molecule has 6 aromatic rings. The van der Waals surface area contributed by atoms with Gasteiger partial charge in [-0.3, -0.25) is 0 Å². The Bertz CT molecular complexity index is 1870. The van der Waals surface area contributed by atoms with Crippen LogP contribution in [0.4, 0.5) is 0 Å². The first-order valence-corrected chi connectivity index (χ1v) is 13.6. The van der Waals surface area contributed by atoms with Crippen LogP contribution in [0.5, 0.6) is 5.75 Å². The first-order chi connectivity index (χ1) is 18.7. The summed E-state index contributed by atoms with van der Waals surface area (Å²) >= 11 is 0. The van der Waals surface area contributed by atoms with Crippen molar-refractivity contribution in [3.05, 3.63) is 114 Å². The van der Waals surface area contributed by atoms with E-state index in [9.17, 15) is 0 Å². The molecule has 1 aliphatic rings. The fourth-order valence-electron chi connectivity index (χ4n) is 6.38. The van der Waals surface area contributed by atoms with Gasteiger partial charge in [-0.15, -0.1) is 0 Å². The molecule has 184 valence electrons. The molecule has 1 nitrogen and oxygen atoms in total. The van der Waals surface area contributed by atoms with Crippen molar-refractivity contribution in [2.45, 2.75) is 26.7 Å². The van der Waals surface area contributed by atoms with E-state index in [2.05, 4.69) is 117 Å². The van der Waals surface area contributed by atoms with Crippen molar-refractivity contribution in [2.75, 3.05) is 7.11 Å². The van der Waals surface area contributed by atoms with Crippen LogP contribution in [0.3, 0.4) is 0 Å². The zero-order chi connectivity index (χ0) is 25.8. The van der Waals surface area contributed by atoms with Gasteiger partial charge in [0.15, 0.2) is 0 Å². The number of benzene rings is 6. The summed E-state index contributed by atoms with van der Waals surface area (Å²) in [5.74, 6) is 0.882. The van der Waals surface area contributed by atoms with Crippen LogP contribution < -0.4 is 4.74 Å². The molecule has 0 bridgehead atoms. The van der Waals surface area contributed by atoms with Gasteiger partial charge in [-0.05, 0) is 102 Å². The van der Waals surface area contributed by atoms with Crippen LogP contribution >= 0.6 is 0 Å². The summed E-state index contributed by atoms with van der Waals surface area (Å²) in [6, 6.07) is 38.3. The summed E-state index contributed by atoms with van der Waals surface area (Å²) < 4.78 is 5.78. The third-order valence-corrected chi connectivity index (χ3v) is 8.21. The van der Waals surface area contributed by atoms with E-state index in [1.54, 1.807) is 7.11 Å². The second-order valence-electron chi connectivity index (χ2n) is 10.2. The zero-order valence-electron chi connectivity index (χ0n) is 22.1. The van der Waals surface area contributed by atoms with Gasteiger partial charge < -0.3 is 4.74 Å². The SMILES string of the molecule is CCc1cccc(-c2c3c(c(-c4cccc(CC)c4)c4cc(OC)ccc24)-c2cccc4cccc-3c24)c1. The molecule has 0 saturated heterocycles. The Kier molecular flexibility index (Phi) is 5.33. The van der Waals surface area contributed by atoms with Gasteiger partial charge in [0.2, 0.25) is 0 Å². The predicted molar refractivity (Wildman–Crippen MR) is 162 cm³/mol.